The number of hydrogen-bond acceptors (Lipinski definition) is 3. The summed E-state index contributed by atoms with van der Waals surface area (Å²) in [5.74, 6) is -0.194. The Kier molecular flexibility index (Phi) is 5.29. The van der Waals surface area contributed by atoms with Crippen molar-refractivity contribution in [3.63, 3.8) is 0 Å². The summed E-state index contributed by atoms with van der Waals surface area (Å²) >= 11 is 0. The lowest BCUT2D eigenvalue weighted by Gasteiger charge is -2.33. The van der Waals surface area contributed by atoms with Gasteiger partial charge >= 0.3 is 6.03 Å². The number of piperazine rings is 1. The number of imide groups is 1. The maximum absolute atomic E-state index is 13.1. The molecule has 1 aromatic rings. The first-order valence-corrected chi connectivity index (χ1v) is 10.1. The number of halogens is 1. The third-order valence-electron chi connectivity index (χ3n) is 6.10. The number of benzene rings is 1. The van der Waals surface area contributed by atoms with Gasteiger partial charge < -0.3 is 14.7 Å². The van der Waals surface area contributed by atoms with Gasteiger partial charge in [0, 0.05) is 25.2 Å². The molecule has 1 atom stereocenters. The van der Waals surface area contributed by atoms with Gasteiger partial charge in [0.25, 0.3) is 5.91 Å². The first-order valence-electron chi connectivity index (χ1n) is 10.1. The first kappa shape index (κ1) is 18.2. The van der Waals surface area contributed by atoms with E-state index in [1.54, 1.807) is 4.90 Å². The minimum absolute atomic E-state index is 0.0100. The molecule has 7 heteroatoms. The van der Waals surface area contributed by atoms with Crippen LogP contribution in [-0.4, -0.2) is 73.6 Å². The topological polar surface area (TPSA) is 48.3 Å². The summed E-state index contributed by atoms with van der Waals surface area (Å²) in [6.45, 7) is 6.16. The second kappa shape index (κ2) is 7.84. The monoisotopic (exact) mass is 375 g/mol. The highest BCUT2D eigenvalue weighted by Gasteiger charge is 2.45. The van der Waals surface area contributed by atoms with E-state index in [0.29, 0.717) is 6.54 Å². The van der Waals surface area contributed by atoms with E-state index < -0.39 is 0 Å². The normalized spacial score (nSPS) is 23.9. The molecule has 27 heavy (non-hydrogen) atoms. The molecular weight excluding hydrogens is 347 g/mol. The zero-order valence-corrected chi connectivity index (χ0v) is 15.7. The molecular formula is C20H28FN4O2+. The summed E-state index contributed by atoms with van der Waals surface area (Å²) in [5, 5.41) is 0. The van der Waals surface area contributed by atoms with E-state index in [-0.39, 0.29) is 23.8 Å². The molecule has 4 rings (SSSR count). The second-order valence-electron chi connectivity index (χ2n) is 7.79. The molecule has 3 fully saturated rings. The molecule has 0 aliphatic carbocycles. The fourth-order valence-electron chi connectivity index (χ4n) is 4.52. The van der Waals surface area contributed by atoms with E-state index in [9.17, 15) is 14.0 Å². The molecule has 3 aliphatic rings. The SMILES string of the molecule is O=C1[C@@H]2CCCCN2C(=O)N1CCC[NH+]1CCN(c2ccc(F)cc2)CC1. The number of amides is 3. The molecule has 146 valence electrons. The highest BCUT2D eigenvalue weighted by Crippen LogP contribution is 2.26. The van der Waals surface area contributed by atoms with Crippen LogP contribution in [0.1, 0.15) is 25.7 Å². The Morgan fingerprint density at radius 2 is 1.78 bits per heavy atom. The number of nitrogens with zero attached hydrogens (tertiary/aromatic N) is 3. The van der Waals surface area contributed by atoms with Crippen molar-refractivity contribution in [1.82, 2.24) is 9.80 Å². The van der Waals surface area contributed by atoms with Crippen LogP contribution in [0.2, 0.25) is 0 Å². The van der Waals surface area contributed by atoms with Crippen LogP contribution < -0.4 is 9.80 Å². The molecule has 6 nitrogen and oxygen atoms in total. The summed E-state index contributed by atoms with van der Waals surface area (Å²) in [5.41, 5.74) is 1.07. The highest BCUT2D eigenvalue weighted by atomic mass is 19.1. The van der Waals surface area contributed by atoms with Gasteiger partial charge in [-0.2, -0.15) is 0 Å². The van der Waals surface area contributed by atoms with Crippen molar-refractivity contribution in [3.8, 4) is 0 Å². The van der Waals surface area contributed by atoms with Gasteiger partial charge in [-0.1, -0.05) is 0 Å². The van der Waals surface area contributed by atoms with Gasteiger partial charge in [0.15, 0.2) is 0 Å². The minimum atomic E-state index is -0.204. The fourth-order valence-corrected chi connectivity index (χ4v) is 4.52. The lowest BCUT2D eigenvalue weighted by atomic mass is 10.0. The Balaban J connectivity index is 1.22. The van der Waals surface area contributed by atoms with Crippen LogP contribution in [0.4, 0.5) is 14.9 Å². The van der Waals surface area contributed by atoms with Crippen LogP contribution in [0.3, 0.4) is 0 Å². The lowest BCUT2D eigenvalue weighted by molar-refractivity contribution is -0.900. The highest BCUT2D eigenvalue weighted by molar-refractivity contribution is 6.04. The number of carbonyl (C=O) groups is 2. The largest absolute Gasteiger partial charge is 0.360 e. The molecule has 0 aromatic heterocycles. The van der Waals surface area contributed by atoms with Crippen LogP contribution in [-0.2, 0) is 4.79 Å². The maximum Gasteiger partial charge on any atom is 0.327 e. The van der Waals surface area contributed by atoms with E-state index >= 15 is 0 Å². The van der Waals surface area contributed by atoms with Gasteiger partial charge in [0.2, 0.25) is 0 Å². The molecule has 1 aromatic carbocycles. The molecule has 0 bridgehead atoms. The van der Waals surface area contributed by atoms with E-state index in [2.05, 4.69) is 4.90 Å². The van der Waals surface area contributed by atoms with Crippen molar-refractivity contribution >= 4 is 17.6 Å². The molecule has 0 spiro atoms. The number of fused-ring (bicyclic) bond motifs is 1. The van der Waals surface area contributed by atoms with Crippen molar-refractivity contribution in [3.05, 3.63) is 30.1 Å². The van der Waals surface area contributed by atoms with Crippen LogP contribution in [0.25, 0.3) is 0 Å². The van der Waals surface area contributed by atoms with Gasteiger partial charge in [-0.3, -0.25) is 9.69 Å². The van der Waals surface area contributed by atoms with E-state index in [0.717, 1.165) is 70.6 Å². The van der Waals surface area contributed by atoms with E-state index in [1.807, 2.05) is 12.1 Å². The Morgan fingerprint density at radius 1 is 1.04 bits per heavy atom. The first-order chi connectivity index (χ1) is 13.1. The number of carbonyl (C=O) groups excluding carboxylic acids is 2. The van der Waals surface area contributed by atoms with E-state index in [1.165, 1.54) is 21.9 Å². The van der Waals surface area contributed by atoms with Crippen molar-refractivity contribution in [2.24, 2.45) is 0 Å². The molecule has 0 unspecified atom stereocenters. The zero-order chi connectivity index (χ0) is 18.8. The lowest BCUT2D eigenvalue weighted by Crippen LogP contribution is -3.15. The molecule has 1 N–H and O–H groups in total. The van der Waals surface area contributed by atoms with Gasteiger partial charge in [-0.15, -0.1) is 0 Å². The van der Waals surface area contributed by atoms with Gasteiger partial charge in [0.05, 0.1) is 32.7 Å². The van der Waals surface area contributed by atoms with Crippen LogP contribution >= 0.6 is 0 Å². The Hall–Kier alpha value is -2.15. The summed E-state index contributed by atoms with van der Waals surface area (Å²) < 4.78 is 13.1. The van der Waals surface area contributed by atoms with Crippen molar-refractivity contribution < 1.29 is 18.9 Å². The third kappa shape index (κ3) is 3.78. The molecule has 3 saturated heterocycles. The van der Waals surface area contributed by atoms with Crippen molar-refractivity contribution in [2.75, 3.05) is 50.7 Å². The predicted octanol–water partition coefficient (Wildman–Crippen LogP) is 0.737. The molecule has 3 heterocycles. The zero-order valence-electron chi connectivity index (χ0n) is 15.7. The number of anilines is 1. The molecule has 0 saturated carbocycles. The van der Waals surface area contributed by atoms with Gasteiger partial charge in [-0.05, 0) is 43.5 Å². The second-order valence-corrected chi connectivity index (χ2v) is 7.79. The standard InChI is InChI=1S/C20H27FN4O2/c21-16-5-7-17(8-6-16)23-14-12-22(13-15-23)9-3-11-25-19(26)18-4-1-2-10-24(18)20(25)27/h5-8,18H,1-4,9-15H2/p+1/t18-/m0/s1. The van der Waals surface area contributed by atoms with Gasteiger partial charge in [0.1, 0.15) is 11.9 Å². The number of hydrogen-bond donors (Lipinski definition) is 1. The number of urea groups is 1. The Labute approximate surface area is 159 Å². The maximum atomic E-state index is 13.1. The number of rotatable bonds is 5. The quantitative estimate of drug-likeness (QED) is 0.773. The smallest absolute Gasteiger partial charge is 0.327 e. The molecule has 3 aliphatic heterocycles. The number of piperidine rings is 1. The molecule has 3 amide bonds. The summed E-state index contributed by atoms with van der Waals surface area (Å²) in [6, 6.07) is 6.40. The van der Waals surface area contributed by atoms with Gasteiger partial charge in [-0.25, -0.2) is 9.18 Å². The van der Waals surface area contributed by atoms with E-state index in [4.69, 9.17) is 0 Å². The average molecular weight is 375 g/mol. The van der Waals surface area contributed by atoms with Crippen LogP contribution in [0.15, 0.2) is 24.3 Å². The number of nitrogens with one attached hydrogen (secondary N) is 1. The van der Waals surface area contributed by atoms with Crippen molar-refractivity contribution in [1.29, 1.82) is 0 Å². The fraction of sp³-hybridized carbons (Fsp3) is 0.600. The Bertz CT molecular complexity index is 664. The minimum Gasteiger partial charge on any atom is -0.360 e. The van der Waals surface area contributed by atoms with Crippen molar-refractivity contribution in [2.45, 2.75) is 31.7 Å². The average Bonchev–Trinajstić information content (AvgIpc) is 2.94. The predicted molar refractivity (Wildman–Crippen MR) is 100 cm³/mol. The van der Waals surface area contributed by atoms with Crippen LogP contribution in [0.5, 0.6) is 0 Å². The summed E-state index contributed by atoms with van der Waals surface area (Å²) in [4.78, 5) is 32.0. The number of quaternary nitrogens is 1. The molecule has 0 radical (unpaired) electrons. The summed E-state index contributed by atoms with van der Waals surface area (Å²) in [6.07, 6.45) is 3.71. The van der Waals surface area contributed by atoms with Crippen LogP contribution in [0, 0.1) is 5.82 Å². The Morgan fingerprint density at radius 3 is 2.48 bits per heavy atom. The summed E-state index contributed by atoms with van der Waals surface area (Å²) in [7, 11) is 0. The third-order valence-corrected chi connectivity index (χ3v) is 6.10.